The van der Waals surface area contributed by atoms with Crippen molar-refractivity contribution in [2.45, 2.75) is 20.0 Å². The van der Waals surface area contributed by atoms with Gasteiger partial charge in [0.15, 0.2) is 0 Å². The topological polar surface area (TPSA) is 20.2 Å². The third-order valence-corrected chi connectivity index (χ3v) is 4.56. The van der Waals surface area contributed by atoms with Crippen LogP contribution in [0.2, 0.25) is 0 Å². The fraction of sp³-hybridized carbons (Fsp3) is 0.200. The maximum absolute atomic E-state index is 13.9. The van der Waals surface area contributed by atoms with Gasteiger partial charge in [0.1, 0.15) is 11.9 Å². The van der Waals surface area contributed by atoms with Crippen LogP contribution in [0.1, 0.15) is 28.4 Å². The van der Waals surface area contributed by atoms with Gasteiger partial charge in [0, 0.05) is 20.1 Å². The zero-order chi connectivity index (χ0) is 14.2. The molecule has 0 bridgehead atoms. The van der Waals surface area contributed by atoms with Crippen LogP contribution in [-0.4, -0.2) is 5.11 Å². The van der Waals surface area contributed by atoms with Crippen molar-refractivity contribution in [2.75, 3.05) is 0 Å². The first-order valence-electron chi connectivity index (χ1n) is 5.80. The molecule has 2 aromatic carbocycles. The summed E-state index contributed by atoms with van der Waals surface area (Å²) in [7, 11) is 0. The van der Waals surface area contributed by atoms with Crippen molar-refractivity contribution < 1.29 is 9.50 Å². The fourth-order valence-corrected chi connectivity index (χ4v) is 2.93. The van der Waals surface area contributed by atoms with E-state index in [-0.39, 0.29) is 5.56 Å². The average Bonchev–Trinajstić information content (AvgIpc) is 2.33. The molecule has 0 saturated carbocycles. The van der Waals surface area contributed by atoms with Crippen molar-refractivity contribution in [1.82, 2.24) is 0 Å². The molecular weight excluding hydrogens is 375 g/mol. The van der Waals surface area contributed by atoms with Crippen LogP contribution in [0.25, 0.3) is 0 Å². The molecule has 2 rings (SSSR count). The van der Waals surface area contributed by atoms with Crippen molar-refractivity contribution in [2.24, 2.45) is 0 Å². The molecule has 0 aliphatic rings. The average molecular weight is 388 g/mol. The van der Waals surface area contributed by atoms with Gasteiger partial charge in [-0.1, -0.05) is 44.0 Å². The van der Waals surface area contributed by atoms with Gasteiger partial charge in [0.25, 0.3) is 0 Å². The van der Waals surface area contributed by atoms with E-state index in [0.717, 1.165) is 20.1 Å². The normalized spacial score (nSPS) is 12.5. The molecule has 0 aliphatic carbocycles. The molecule has 0 heterocycles. The van der Waals surface area contributed by atoms with Gasteiger partial charge >= 0.3 is 0 Å². The Hall–Kier alpha value is -0.710. The Labute approximate surface area is 128 Å². The lowest BCUT2D eigenvalue weighted by atomic mass is 9.99. The summed E-state index contributed by atoms with van der Waals surface area (Å²) >= 11 is 6.84. The molecule has 0 saturated heterocycles. The molecule has 0 aliphatic heterocycles. The predicted octanol–water partition coefficient (Wildman–Crippen LogP) is 5.05. The lowest BCUT2D eigenvalue weighted by molar-refractivity contribution is 0.214. The molecule has 19 heavy (non-hydrogen) atoms. The minimum absolute atomic E-state index is 0.280. The van der Waals surface area contributed by atoms with Crippen LogP contribution in [-0.2, 0) is 0 Å². The van der Waals surface area contributed by atoms with Crippen LogP contribution in [0.4, 0.5) is 4.39 Å². The minimum Gasteiger partial charge on any atom is -0.384 e. The monoisotopic (exact) mass is 386 g/mol. The Morgan fingerprint density at radius 1 is 1.00 bits per heavy atom. The lowest BCUT2D eigenvalue weighted by Gasteiger charge is -2.16. The molecule has 1 N–H and O–H groups in total. The SMILES string of the molecule is Cc1ccc(C(O)c2cc(Br)c(C)cc2Br)c(F)c1. The second-order valence-electron chi connectivity index (χ2n) is 4.55. The zero-order valence-electron chi connectivity index (χ0n) is 10.5. The summed E-state index contributed by atoms with van der Waals surface area (Å²) in [5.74, 6) is -0.393. The van der Waals surface area contributed by atoms with E-state index in [4.69, 9.17) is 0 Å². The number of benzene rings is 2. The highest BCUT2D eigenvalue weighted by atomic mass is 79.9. The summed E-state index contributed by atoms with van der Waals surface area (Å²) < 4.78 is 15.6. The Morgan fingerprint density at radius 2 is 1.68 bits per heavy atom. The quantitative estimate of drug-likeness (QED) is 0.764. The van der Waals surface area contributed by atoms with Gasteiger partial charge in [-0.15, -0.1) is 0 Å². The first-order valence-corrected chi connectivity index (χ1v) is 7.38. The molecule has 1 nitrogen and oxygen atoms in total. The highest BCUT2D eigenvalue weighted by Gasteiger charge is 2.18. The van der Waals surface area contributed by atoms with Gasteiger partial charge in [-0.3, -0.25) is 0 Å². The molecule has 0 fully saturated rings. The Kier molecular flexibility index (Phi) is 4.43. The molecule has 1 atom stereocenters. The van der Waals surface area contributed by atoms with E-state index in [1.165, 1.54) is 6.07 Å². The van der Waals surface area contributed by atoms with Gasteiger partial charge in [-0.25, -0.2) is 4.39 Å². The van der Waals surface area contributed by atoms with E-state index in [1.807, 2.05) is 26.0 Å². The van der Waals surface area contributed by atoms with E-state index in [0.29, 0.717) is 5.56 Å². The smallest absolute Gasteiger partial charge is 0.129 e. The van der Waals surface area contributed by atoms with Gasteiger partial charge < -0.3 is 5.11 Å². The number of aliphatic hydroxyl groups excluding tert-OH is 1. The first kappa shape index (κ1) is 14.7. The summed E-state index contributed by atoms with van der Waals surface area (Å²) in [6, 6.07) is 8.54. The van der Waals surface area contributed by atoms with Crippen LogP contribution in [0.3, 0.4) is 0 Å². The maximum Gasteiger partial charge on any atom is 0.129 e. The standard InChI is InChI=1S/C15H13Br2FO/c1-8-3-4-10(14(18)5-8)15(19)11-7-12(16)9(2)6-13(11)17/h3-7,15,19H,1-2H3. The zero-order valence-corrected chi connectivity index (χ0v) is 13.7. The van der Waals surface area contributed by atoms with Gasteiger partial charge in [-0.2, -0.15) is 0 Å². The fourth-order valence-electron chi connectivity index (χ4n) is 1.89. The molecular formula is C15H13Br2FO. The minimum atomic E-state index is -0.994. The molecule has 0 amide bonds. The predicted molar refractivity (Wildman–Crippen MR) is 81.8 cm³/mol. The highest BCUT2D eigenvalue weighted by molar-refractivity contribution is 9.11. The number of hydrogen-bond acceptors (Lipinski definition) is 1. The van der Waals surface area contributed by atoms with Crippen LogP contribution < -0.4 is 0 Å². The lowest BCUT2D eigenvalue weighted by Crippen LogP contribution is -2.04. The Morgan fingerprint density at radius 3 is 2.32 bits per heavy atom. The number of hydrogen-bond donors (Lipinski definition) is 1. The van der Waals surface area contributed by atoms with Crippen molar-refractivity contribution in [3.05, 3.63) is 67.3 Å². The van der Waals surface area contributed by atoms with Crippen LogP contribution in [0.15, 0.2) is 39.3 Å². The summed E-state index contributed by atoms with van der Waals surface area (Å²) in [6.45, 7) is 3.77. The highest BCUT2D eigenvalue weighted by Crippen LogP contribution is 2.33. The van der Waals surface area contributed by atoms with E-state index < -0.39 is 11.9 Å². The Balaban J connectivity index is 2.49. The third kappa shape index (κ3) is 3.07. The molecule has 4 heteroatoms. The molecule has 1 unspecified atom stereocenters. The second kappa shape index (κ2) is 5.73. The van der Waals surface area contributed by atoms with E-state index >= 15 is 0 Å². The van der Waals surface area contributed by atoms with Crippen LogP contribution >= 0.6 is 31.9 Å². The van der Waals surface area contributed by atoms with Gasteiger partial charge in [0.05, 0.1) is 0 Å². The van der Waals surface area contributed by atoms with Gasteiger partial charge in [-0.05, 0) is 43.2 Å². The van der Waals surface area contributed by atoms with Crippen molar-refractivity contribution in [1.29, 1.82) is 0 Å². The maximum atomic E-state index is 13.9. The summed E-state index contributed by atoms with van der Waals surface area (Å²) in [6.07, 6.45) is -0.994. The molecule has 0 radical (unpaired) electrons. The first-order chi connectivity index (χ1) is 8.90. The van der Waals surface area contributed by atoms with E-state index in [9.17, 15) is 9.50 Å². The summed E-state index contributed by atoms with van der Waals surface area (Å²) in [5.41, 5.74) is 2.80. The second-order valence-corrected chi connectivity index (χ2v) is 6.26. The molecule has 0 spiro atoms. The summed E-state index contributed by atoms with van der Waals surface area (Å²) in [4.78, 5) is 0. The van der Waals surface area contributed by atoms with Crippen molar-refractivity contribution in [3.63, 3.8) is 0 Å². The number of aliphatic hydroxyl groups is 1. The molecule has 2 aromatic rings. The number of rotatable bonds is 2. The van der Waals surface area contributed by atoms with E-state index in [2.05, 4.69) is 31.9 Å². The number of halogens is 3. The number of aryl methyl sites for hydroxylation is 2. The molecule has 100 valence electrons. The van der Waals surface area contributed by atoms with Crippen LogP contribution in [0.5, 0.6) is 0 Å². The van der Waals surface area contributed by atoms with Crippen molar-refractivity contribution in [3.8, 4) is 0 Å². The molecule has 0 aromatic heterocycles. The van der Waals surface area contributed by atoms with Crippen molar-refractivity contribution >= 4 is 31.9 Å². The van der Waals surface area contributed by atoms with Crippen LogP contribution in [0, 0.1) is 19.7 Å². The Bertz CT molecular complexity index is 626. The van der Waals surface area contributed by atoms with Gasteiger partial charge in [0.2, 0.25) is 0 Å². The van der Waals surface area contributed by atoms with E-state index in [1.54, 1.807) is 12.1 Å². The third-order valence-electron chi connectivity index (χ3n) is 3.02. The largest absolute Gasteiger partial charge is 0.384 e. The summed E-state index contributed by atoms with van der Waals surface area (Å²) in [5, 5.41) is 10.4.